The molecule has 1 N–H and O–H groups in total. The van der Waals surface area contributed by atoms with Gasteiger partial charge in [0.15, 0.2) is 6.10 Å². The summed E-state index contributed by atoms with van der Waals surface area (Å²) in [5.74, 6) is 0. The van der Waals surface area contributed by atoms with E-state index in [2.05, 4.69) is 0 Å². The van der Waals surface area contributed by atoms with Gasteiger partial charge in [0.2, 0.25) is 0 Å². The Hall–Kier alpha value is -1.60. The molecule has 0 saturated heterocycles. The van der Waals surface area contributed by atoms with Crippen LogP contribution in [0.5, 0.6) is 0 Å². The molecule has 0 atom stereocenters. The second-order valence-electron chi connectivity index (χ2n) is 3.58. The van der Waals surface area contributed by atoms with Gasteiger partial charge < -0.3 is 5.11 Å². The maximum Gasteiger partial charge on any atom is 0.152 e. The van der Waals surface area contributed by atoms with Gasteiger partial charge in [0.1, 0.15) is 0 Å². The van der Waals surface area contributed by atoms with Crippen molar-refractivity contribution in [1.82, 2.24) is 0 Å². The van der Waals surface area contributed by atoms with Crippen LogP contribution in [0.25, 0.3) is 0 Å². The summed E-state index contributed by atoms with van der Waals surface area (Å²) < 4.78 is 0. The number of benzene rings is 2. The first-order valence-corrected chi connectivity index (χ1v) is 4.96. The first-order chi connectivity index (χ1) is 7.27. The molecule has 75 valence electrons. The number of hydrogen-bond acceptors (Lipinski definition) is 1. The molecule has 0 fully saturated rings. The fourth-order valence-corrected chi connectivity index (χ4v) is 1.47. The van der Waals surface area contributed by atoms with E-state index in [1.165, 1.54) is 5.56 Å². The lowest BCUT2D eigenvalue weighted by molar-refractivity contribution is 0.356. The zero-order chi connectivity index (χ0) is 10.7. The minimum absolute atomic E-state index is 0.329. The molecule has 0 spiro atoms. The molecular weight excluding hydrogens is 184 g/mol. The van der Waals surface area contributed by atoms with Crippen molar-refractivity contribution in [1.29, 1.82) is 0 Å². The van der Waals surface area contributed by atoms with Crippen molar-refractivity contribution in [3.63, 3.8) is 0 Å². The van der Waals surface area contributed by atoms with E-state index in [0.29, 0.717) is 6.10 Å². The van der Waals surface area contributed by atoms with Crippen molar-refractivity contribution in [2.75, 3.05) is 0 Å². The Kier molecular flexibility index (Phi) is 2.84. The van der Waals surface area contributed by atoms with E-state index in [4.69, 9.17) is 0 Å². The molecule has 0 aliphatic carbocycles. The number of hydrogen-bond donors (Lipinski definition) is 1. The van der Waals surface area contributed by atoms with Gasteiger partial charge in [-0.1, -0.05) is 60.2 Å². The molecule has 2 rings (SSSR count). The summed E-state index contributed by atoms with van der Waals surface area (Å²) >= 11 is 0. The van der Waals surface area contributed by atoms with Crippen molar-refractivity contribution in [3.8, 4) is 0 Å². The van der Waals surface area contributed by atoms with Gasteiger partial charge in [-0.15, -0.1) is 0 Å². The van der Waals surface area contributed by atoms with Crippen LogP contribution in [-0.2, 0) is 0 Å². The van der Waals surface area contributed by atoms with E-state index in [9.17, 15) is 5.11 Å². The molecule has 15 heavy (non-hydrogen) atoms. The van der Waals surface area contributed by atoms with Crippen LogP contribution in [0.2, 0.25) is 0 Å². The van der Waals surface area contributed by atoms with Gasteiger partial charge in [-0.3, -0.25) is 0 Å². The molecule has 0 unspecified atom stereocenters. The fraction of sp³-hybridized carbons (Fsp3) is 0.0714. The summed E-state index contributed by atoms with van der Waals surface area (Å²) in [6.45, 7) is 2.03. The van der Waals surface area contributed by atoms with E-state index < -0.39 is 0 Å². The molecule has 0 aliphatic rings. The highest BCUT2D eigenvalue weighted by Crippen LogP contribution is 2.20. The third kappa shape index (κ3) is 2.25. The fourth-order valence-electron chi connectivity index (χ4n) is 1.47. The van der Waals surface area contributed by atoms with Gasteiger partial charge in [-0.2, -0.15) is 0 Å². The summed E-state index contributed by atoms with van der Waals surface area (Å²) in [5, 5.41) is 10.00. The minimum Gasteiger partial charge on any atom is -0.377 e. The Labute approximate surface area is 90.0 Å². The predicted octanol–water partition coefficient (Wildman–Crippen LogP) is 3.30. The van der Waals surface area contributed by atoms with Crippen LogP contribution in [0.3, 0.4) is 0 Å². The van der Waals surface area contributed by atoms with Gasteiger partial charge in [0, 0.05) is 0 Å². The SMILES string of the molecule is Cc1ccc([C](O)c2ccccc2)cc1. The number of aryl methyl sites for hydroxylation is 1. The summed E-state index contributed by atoms with van der Waals surface area (Å²) in [6.07, 6.45) is 0.329. The molecule has 1 nitrogen and oxygen atoms in total. The average molecular weight is 197 g/mol. The molecule has 1 heteroatoms. The molecule has 2 aromatic carbocycles. The molecule has 0 heterocycles. The van der Waals surface area contributed by atoms with E-state index in [0.717, 1.165) is 11.1 Å². The zero-order valence-electron chi connectivity index (χ0n) is 8.64. The largest absolute Gasteiger partial charge is 0.377 e. The first-order valence-electron chi connectivity index (χ1n) is 4.96. The summed E-state index contributed by atoms with van der Waals surface area (Å²) in [5.41, 5.74) is 2.90. The zero-order valence-corrected chi connectivity index (χ0v) is 8.64. The topological polar surface area (TPSA) is 20.2 Å². The molecule has 1 radical (unpaired) electrons. The lowest BCUT2D eigenvalue weighted by atomic mass is 10.0. The molecule has 0 saturated carbocycles. The Morgan fingerprint density at radius 2 is 1.33 bits per heavy atom. The van der Waals surface area contributed by atoms with Crippen LogP contribution in [0, 0.1) is 13.0 Å². The second-order valence-corrected chi connectivity index (χ2v) is 3.58. The second kappa shape index (κ2) is 4.28. The van der Waals surface area contributed by atoms with Gasteiger partial charge in [-0.05, 0) is 18.1 Å². The lowest BCUT2D eigenvalue weighted by Gasteiger charge is -2.09. The maximum absolute atomic E-state index is 10.00. The monoisotopic (exact) mass is 197 g/mol. The van der Waals surface area contributed by atoms with Crippen molar-refractivity contribution in [2.24, 2.45) is 0 Å². The Balaban J connectivity index is 2.29. The van der Waals surface area contributed by atoms with Crippen LogP contribution in [-0.4, -0.2) is 5.11 Å². The van der Waals surface area contributed by atoms with Crippen molar-refractivity contribution >= 4 is 0 Å². The van der Waals surface area contributed by atoms with E-state index >= 15 is 0 Å². The lowest BCUT2D eigenvalue weighted by Crippen LogP contribution is -1.99. The highest BCUT2D eigenvalue weighted by molar-refractivity contribution is 5.41. The molecule has 0 bridgehead atoms. The van der Waals surface area contributed by atoms with E-state index in [-0.39, 0.29) is 0 Å². The van der Waals surface area contributed by atoms with Crippen LogP contribution in [0.1, 0.15) is 16.7 Å². The minimum atomic E-state index is 0.329. The standard InChI is InChI=1S/C14H13O/c1-11-7-9-13(10-8-11)14(15)12-5-3-2-4-6-12/h2-10,15H,1H3. The van der Waals surface area contributed by atoms with Crippen molar-refractivity contribution in [3.05, 3.63) is 77.4 Å². The maximum atomic E-state index is 10.00. The highest BCUT2D eigenvalue weighted by atomic mass is 16.3. The van der Waals surface area contributed by atoms with E-state index in [1.54, 1.807) is 0 Å². The Morgan fingerprint density at radius 3 is 1.93 bits per heavy atom. The molecule has 2 aromatic rings. The van der Waals surface area contributed by atoms with Gasteiger partial charge >= 0.3 is 0 Å². The summed E-state index contributed by atoms with van der Waals surface area (Å²) in [4.78, 5) is 0. The van der Waals surface area contributed by atoms with Crippen LogP contribution < -0.4 is 0 Å². The normalized spacial score (nSPS) is 10.6. The van der Waals surface area contributed by atoms with Gasteiger partial charge in [0.25, 0.3) is 0 Å². The Bertz CT molecular complexity index is 417. The third-order valence-corrected chi connectivity index (χ3v) is 2.37. The predicted molar refractivity (Wildman–Crippen MR) is 61.0 cm³/mol. The van der Waals surface area contributed by atoms with Gasteiger partial charge in [0.05, 0.1) is 0 Å². The van der Waals surface area contributed by atoms with Crippen LogP contribution in [0.15, 0.2) is 54.6 Å². The highest BCUT2D eigenvalue weighted by Gasteiger charge is 2.10. The first kappa shape index (κ1) is 9.94. The Morgan fingerprint density at radius 1 is 0.800 bits per heavy atom. The van der Waals surface area contributed by atoms with E-state index in [1.807, 2.05) is 61.5 Å². The summed E-state index contributed by atoms with van der Waals surface area (Å²) in [7, 11) is 0. The van der Waals surface area contributed by atoms with Crippen molar-refractivity contribution in [2.45, 2.75) is 6.92 Å². The quantitative estimate of drug-likeness (QED) is 0.783. The molecule has 0 amide bonds. The number of aliphatic hydroxyl groups excluding tert-OH is 1. The molecular formula is C14H13O. The van der Waals surface area contributed by atoms with Gasteiger partial charge in [-0.25, -0.2) is 0 Å². The van der Waals surface area contributed by atoms with Crippen LogP contribution >= 0.6 is 0 Å². The molecule has 0 aliphatic heterocycles. The molecule has 0 aromatic heterocycles. The summed E-state index contributed by atoms with van der Waals surface area (Å²) in [6, 6.07) is 17.4. The van der Waals surface area contributed by atoms with Crippen molar-refractivity contribution < 1.29 is 5.11 Å². The smallest absolute Gasteiger partial charge is 0.152 e. The third-order valence-electron chi connectivity index (χ3n) is 2.37. The van der Waals surface area contributed by atoms with Crippen LogP contribution in [0.4, 0.5) is 0 Å². The number of aliphatic hydroxyl groups is 1. The number of rotatable bonds is 2. The average Bonchev–Trinajstić information content (AvgIpc) is 2.30.